The molecule has 0 aromatic heterocycles. The van der Waals surface area contributed by atoms with E-state index < -0.39 is 6.10 Å². The Labute approximate surface area is 98.6 Å². The minimum atomic E-state index is -0.617. The number of nitrogens with zero attached hydrogens (tertiary/aromatic N) is 1. The van der Waals surface area contributed by atoms with Crippen LogP contribution in [0.5, 0.6) is 0 Å². The van der Waals surface area contributed by atoms with E-state index in [2.05, 4.69) is 24.1 Å². The summed E-state index contributed by atoms with van der Waals surface area (Å²) in [6, 6.07) is 0.504. The SMILES string of the molecule is CC(C)CN1CCC(NCC(O)CO)CC1. The van der Waals surface area contributed by atoms with Crippen LogP contribution >= 0.6 is 0 Å². The van der Waals surface area contributed by atoms with Crippen LogP contribution in [0.25, 0.3) is 0 Å². The van der Waals surface area contributed by atoms with E-state index in [0.29, 0.717) is 12.6 Å². The highest BCUT2D eigenvalue weighted by Gasteiger charge is 2.19. The molecule has 1 heterocycles. The van der Waals surface area contributed by atoms with E-state index in [1.54, 1.807) is 0 Å². The average Bonchev–Trinajstić information content (AvgIpc) is 2.27. The van der Waals surface area contributed by atoms with Crippen molar-refractivity contribution in [2.45, 2.75) is 38.8 Å². The first-order valence-electron chi connectivity index (χ1n) is 6.36. The summed E-state index contributed by atoms with van der Waals surface area (Å²) in [6.07, 6.45) is 1.67. The van der Waals surface area contributed by atoms with Crippen LogP contribution in [0.15, 0.2) is 0 Å². The molecule has 1 aliphatic heterocycles. The van der Waals surface area contributed by atoms with Gasteiger partial charge in [-0.05, 0) is 31.8 Å². The van der Waals surface area contributed by atoms with Gasteiger partial charge in [-0.25, -0.2) is 0 Å². The third-order valence-corrected chi connectivity index (χ3v) is 3.06. The van der Waals surface area contributed by atoms with E-state index >= 15 is 0 Å². The molecule has 1 fully saturated rings. The Balaban J connectivity index is 2.12. The smallest absolute Gasteiger partial charge is 0.0895 e. The molecule has 1 rings (SSSR count). The van der Waals surface area contributed by atoms with Crippen LogP contribution in [0.2, 0.25) is 0 Å². The normalized spacial score (nSPS) is 21.6. The van der Waals surface area contributed by atoms with Crippen molar-refractivity contribution < 1.29 is 10.2 Å². The van der Waals surface area contributed by atoms with Crippen LogP contribution in [0, 0.1) is 5.92 Å². The van der Waals surface area contributed by atoms with Crippen molar-refractivity contribution in [3.05, 3.63) is 0 Å². The number of likely N-dealkylation sites (tertiary alicyclic amines) is 1. The van der Waals surface area contributed by atoms with E-state index in [9.17, 15) is 5.11 Å². The second-order valence-electron chi connectivity index (χ2n) is 5.21. The summed E-state index contributed by atoms with van der Waals surface area (Å²) in [5.41, 5.74) is 0. The maximum atomic E-state index is 9.24. The van der Waals surface area contributed by atoms with E-state index in [4.69, 9.17) is 5.11 Å². The van der Waals surface area contributed by atoms with E-state index in [-0.39, 0.29) is 6.61 Å². The fraction of sp³-hybridized carbons (Fsp3) is 1.00. The van der Waals surface area contributed by atoms with Gasteiger partial charge in [0.2, 0.25) is 0 Å². The van der Waals surface area contributed by atoms with Crippen LogP contribution in [0.3, 0.4) is 0 Å². The maximum absolute atomic E-state index is 9.24. The highest BCUT2D eigenvalue weighted by atomic mass is 16.3. The Morgan fingerprint density at radius 3 is 2.44 bits per heavy atom. The predicted molar refractivity (Wildman–Crippen MR) is 65.4 cm³/mol. The molecule has 96 valence electrons. The molecule has 0 spiro atoms. The maximum Gasteiger partial charge on any atom is 0.0895 e. The summed E-state index contributed by atoms with van der Waals surface area (Å²) in [4.78, 5) is 2.51. The summed E-state index contributed by atoms with van der Waals surface area (Å²) < 4.78 is 0. The monoisotopic (exact) mass is 230 g/mol. The molecule has 0 bridgehead atoms. The summed E-state index contributed by atoms with van der Waals surface area (Å²) in [5, 5.41) is 21.3. The van der Waals surface area contributed by atoms with Crippen molar-refractivity contribution in [1.29, 1.82) is 0 Å². The minimum Gasteiger partial charge on any atom is -0.394 e. The largest absolute Gasteiger partial charge is 0.394 e. The average molecular weight is 230 g/mol. The van der Waals surface area contributed by atoms with E-state index in [0.717, 1.165) is 31.8 Å². The first-order chi connectivity index (χ1) is 7.61. The topological polar surface area (TPSA) is 55.7 Å². The zero-order chi connectivity index (χ0) is 12.0. The lowest BCUT2D eigenvalue weighted by Crippen LogP contribution is -2.45. The highest BCUT2D eigenvalue weighted by Crippen LogP contribution is 2.11. The molecule has 1 saturated heterocycles. The van der Waals surface area contributed by atoms with Crippen molar-refractivity contribution >= 4 is 0 Å². The van der Waals surface area contributed by atoms with Crippen LogP contribution in [-0.4, -0.2) is 60.0 Å². The van der Waals surface area contributed by atoms with Crippen molar-refractivity contribution in [3.8, 4) is 0 Å². The van der Waals surface area contributed by atoms with Crippen molar-refractivity contribution in [2.24, 2.45) is 5.92 Å². The summed E-state index contributed by atoms with van der Waals surface area (Å²) >= 11 is 0. The number of aliphatic hydroxyl groups is 2. The number of rotatable bonds is 6. The zero-order valence-corrected chi connectivity index (χ0v) is 10.5. The Kier molecular flexibility index (Phi) is 6.28. The molecule has 0 amide bonds. The van der Waals surface area contributed by atoms with Gasteiger partial charge in [0.25, 0.3) is 0 Å². The van der Waals surface area contributed by atoms with Gasteiger partial charge in [-0.1, -0.05) is 13.8 Å². The Hall–Kier alpha value is -0.160. The van der Waals surface area contributed by atoms with Gasteiger partial charge in [-0.2, -0.15) is 0 Å². The van der Waals surface area contributed by atoms with Gasteiger partial charge in [-0.15, -0.1) is 0 Å². The quantitative estimate of drug-likeness (QED) is 0.603. The molecule has 0 aromatic rings. The van der Waals surface area contributed by atoms with Crippen LogP contribution in [0.4, 0.5) is 0 Å². The first-order valence-corrected chi connectivity index (χ1v) is 6.36. The molecular formula is C12H26N2O2. The zero-order valence-electron chi connectivity index (χ0n) is 10.5. The summed E-state index contributed by atoms with van der Waals surface area (Å²) in [5.74, 6) is 0.737. The van der Waals surface area contributed by atoms with Crippen LogP contribution in [0.1, 0.15) is 26.7 Å². The standard InChI is InChI=1S/C12H26N2O2/c1-10(2)8-14-5-3-11(4-6-14)13-7-12(16)9-15/h10-13,15-16H,3-9H2,1-2H3. The highest BCUT2D eigenvalue weighted by molar-refractivity contribution is 4.78. The molecule has 0 aromatic carbocycles. The third-order valence-electron chi connectivity index (χ3n) is 3.06. The molecular weight excluding hydrogens is 204 g/mol. The minimum absolute atomic E-state index is 0.154. The first kappa shape index (κ1) is 13.9. The van der Waals surface area contributed by atoms with Crippen molar-refractivity contribution in [2.75, 3.05) is 32.8 Å². The predicted octanol–water partition coefficient (Wildman–Crippen LogP) is 0.0496. The lowest BCUT2D eigenvalue weighted by atomic mass is 10.0. The third kappa shape index (κ3) is 5.25. The molecule has 16 heavy (non-hydrogen) atoms. The van der Waals surface area contributed by atoms with Crippen LogP contribution in [-0.2, 0) is 0 Å². The number of hydrogen-bond donors (Lipinski definition) is 3. The molecule has 0 radical (unpaired) electrons. The summed E-state index contributed by atoms with van der Waals surface area (Å²) in [7, 11) is 0. The Bertz CT molecular complexity index is 180. The van der Waals surface area contributed by atoms with Gasteiger partial charge >= 0.3 is 0 Å². The number of nitrogens with one attached hydrogen (secondary N) is 1. The molecule has 4 nitrogen and oxygen atoms in total. The fourth-order valence-corrected chi connectivity index (χ4v) is 2.20. The lowest BCUT2D eigenvalue weighted by molar-refractivity contribution is 0.0872. The van der Waals surface area contributed by atoms with E-state index in [1.165, 1.54) is 6.54 Å². The second-order valence-corrected chi connectivity index (χ2v) is 5.21. The van der Waals surface area contributed by atoms with Gasteiger partial charge in [0, 0.05) is 19.1 Å². The van der Waals surface area contributed by atoms with Gasteiger partial charge in [0.05, 0.1) is 12.7 Å². The lowest BCUT2D eigenvalue weighted by Gasteiger charge is -2.33. The summed E-state index contributed by atoms with van der Waals surface area (Å²) in [6.45, 7) is 8.33. The number of hydrogen-bond acceptors (Lipinski definition) is 4. The van der Waals surface area contributed by atoms with E-state index in [1.807, 2.05) is 0 Å². The molecule has 3 N–H and O–H groups in total. The Morgan fingerprint density at radius 2 is 1.94 bits per heavy atom. The molecule has 4 heteroatoms. The molecule has 0 saturated carbocycles. The van der Waals surface area contributed by atoms with Crippen LogP contribution < -0.4 is 5.32 Å². The molecule has 1 unspecified atom stereocenters. The molecule has 1 aliphatic rings. The van der Waals surface area contributed by atoms with Gasteiger partial charge in [0.15, 0.2) is 0 Å². The van der Waals surface area contributed by atoms with Gasteiger partial charge < -0.3 is 20.4 Å². The van der Waals surface area contributed by atoms with Gasteiger partial charge in [-0.3, -0.25) is 0 Å². The fourth-order valence-electron chi connectivity index (χ4n) is 2.20. The van der Waals surface area contributed by atoms with Crippen molar-refractivity contribution in [1.82, 2.24) is 10.2 Å². The number of piperidine rings is 1. The van der Waals surface area contributed by atoms with Gasteiger partial charge in [0.1, 0.15) is 0 Å². The molecule has 0 aliphatic carbocycles. The second kappa shape index (κ2) is 7.22. The Morgan fingerprint density at radius 1 is 1.31 bits per heavy atom. The molecule has 1 atom stereocenters. The van der Waals surface area contributed by atoms with Crippen molar-refractivity contribution in [3.63, 3.8) is 0 Å². The number of aliphatic hydroxyl groups excluding tert-OH is 2.